The van der Waals surface area contributed by atoms with Crippen LogP contribution in [0.2, 0.25) is 0 Å². The topological polar surface area (TPSA) is 89.0 Å². The van der Waals surface area contributed by atoms with E-state index in [0.29, 0.717) is 18.2 Å². The maximum absolute atomic E-state index is 12.0. The second kappa shape index (κ2) is 8.87. The fourth-order valence-electron chi connectivity index (χ4n) is 2.71. The molecule has 0 unspecified atom stereocenters. The minimum Gasteiger partial charge on any atom is -0.376 e. The van der Waals surface area contributed by atoms with Crippen LogP contribution in [0.1, 0.15) is 18.4 Å². The Morgan fingerprint density at radius 1 is 1.40 bits per heavy atom. The molecule has 1 aliphatic rings. The average molecular weight is 362 g/mol. The van der Waals surface area contributed by atoms with Crippen molar-refractivity contribution >= 4 is 17.7 Å². The minimum absolute atomic E-state index is 0.0782. The highest BCUT2D eigenvalue weighted by Gasteiger charge is 2.17. The molecule has 2 aromatic rings. The van der Waals surface area contributed by atoms with Gasteiger partial charge >= 0.3 is 5.69 Å². The zero-order valence-corrected chi connectivity index (χ0v) is 14.8. The van der Waals surface area contributed by atoms with Crippen LogP contribution < -0.4 is 11.0 Å². The lowest BCUT2D eigenvalue weighted by Crippen LogP contribution is -2.33. The molecule has 1 aliphatic heterocycles. The predicted octanol–water partition coefficient (Wildman–Crippen LogP) is 1.20. The Balaban J connectivity index is 1.49. The van der Waals surface area contributed by atoms with Crippen molar-refractivity contribution in [2.75, 3.05) is 18.9 Å². The number of aromatic nitrogens is 3. The van der Waals surface area contributed by atoms with Crippen LogP contribution >= 0.6 is 11.8 Å². The number of benzene rings is 1. The van der Waals surface area contributed by atoms with Gasteiger partial charge in [-0.15, -0.1) is 5.10 Å². The van der Waals surface area contributed by atoms with Gasteiger partial charge in [-0.3, -0.25) is 9.36 Å². The van der Waals surface area contributed by atoms with E-state index < -0.39 is 0 Å². The van der Waals surface area contributed by atoms with E-state index in [4.69, 9.17) is 4.74 Å². The smallest absolute Gasteiger partial charge is 0.343 e. The van der Waals surface area contributed by atoms with E-state index in [1.807, 2.05) is 30.3 Å². The molecule has 0 saturated carbocycles. The van der Waals surface area contributed by atoms with E-state index >= 15 is 0 Å². The Kier molecular flexibility index (Phi) is 6.30. The quantitative estimate of drug-likeness (QED) is 0.689. The molecule has 0 aliphatic carbocycles. The van der Waals surface area contributed by atoms with Crippen LogP contribution in [-0.2, 0) is 22.5 Å². The molecule has 7 nitrogen and oxygen atoms in total. The van der Waals surface area contributed by atoms with Crippen molar-refractivity contribution in [3.63, 3.8) is 0 Å². The first-order chi connectivity index (χ1) is 12.2. The van der Waals surface area contributed by atoms with Crippen molar-refractivity contribution in [1.29, 1.82) is 0 Å². The van der Waals surface area contributed by atoms with E-state index in [1.54, 1.807) is 4.57 Å². The average Bonchev–Trinajstić information content (AvgIpc) is 3.27. The number of aryl methyl sites for hydroxylation is 1. The number of rotatable bonds is 8. The number of nitrogens with zero attached hydrogens (tertiary/aromatic N) is 2. The number of ether oxygens (including phenoxy) is 1. The summed E-state index contributed by atoms with van der Waals surface area (Å²) in [6.07, 6.45) is 2.91. The largest absolute Gasteiger partial charge is 0.376 e. The van der Waals surface area contributed by atoms with Crippen molar-refractivity contribution in [3.05, 3.63) is 46.4 Å². The third-order valence-electron chi connectivity index (χ3n) is 4.07. The Labute approximate surface area is 150 Å². The van der Waals surface area contributed by atoms with Crippen LogP contribution in [0, 0.1) is 0 Å². The molecule has 1 aromatic heterocycles. The van der Waals surface area contributed by atoms with E-state index in [2.05, 4.69) is 15.5 Å². The lowest BCUT2D eigenvalue weighted by atomic mass is 10.1. The third-order valence-corrected chi connectivity index (χ3v) is 5.05. The van der Waals surface area contributed by atoms with Gasteiger partial charge in [-0.2, -0.15) is 0 Å². The number of carbonyl (C=O) groups is 1. The maximum atomic E-state index is 12.0. The summed E-state index contributed by atoms with van der Waals surface area (Å²) in [7, 11) is 0. The molecule has 1 amide bonds. The highest BCUT2D eigenvalue weighted by molar-refractivity contribution is 7.99. The van der Waals surface area contributed by atoms with Gasteiger partial charge in [0.15, 0.2) is 5.16 Å². The summed E-state index contributed by atoms with van der Waals surface area (Å²) in [6, 6.07) is 9.96. The predicted molar refractivity (Wildman–Crippen MR) is 95.7 cm³/mol. The first-order valence-corrected chi connectivity index (χ1v) is 9.41. The fraction of sp³-hybridized carbons (Fsp3) is 0.471. The van der Waals surface area contributed by atoms with Crippen LogP contribution in [-0.4, -0.2) is 45.7 Å². The van der Waals surface area contributed by atoms with Gasteiger partial charge < -0.3 is 10.1 Å². The summed E-state index contributed by atoms with van der Waals surface area (Å²) in [4.78, 5) is 23.9. The lowest BCUT2D eigenvalue weighted by molar-refractivity contribution is -0.119. The molecule has 0 bridgehead atoms. The molecule has 0 spiro atoms. The molecule has 2 N–H and O–H groups in total. The summed E-state index contributed by atoms with van der Waals surface area (Å²) in [5.41, 5.74) is 0.902. The Morgan fingerprint density at radius 3 is 3.00 bits per heavy atom. The number of aromatic amines is 1. The molecular formula is C17H22N4O3S. The number of amides is 1. The van der Waals surface area contributed by atoms with Gasteiger partial charge in [0.1, 0.15) is 0 Å². The highest BCUT2D eigenvalue weighted by atomic mass is 32.2. The third kappa shape index (κ3) is 5.20. The van der Waals surface area contributed by atoms with Crippen LogP contribution in [0.25, 0.3) is 0 Å². The molecule has 8 heteroatoms. The van der Waals surface area contributed by atoms with Gasteiger partial charge in [-0.05, 0) is 24.8 Å². The van der Waals surface area contributed by atoms with E-state index in [0.717, 1.165) is 31.4 Å². The lowest BCUT2D eigenvalue weighted by Gasteiger charge is -2.10. The van der Waals surface area contributed by atoms with Gasteiger partial charge in [0.05, 0.1) is 11.9 Å². The van der Waals surface area contributed by atoms with Gasteiger partial charge in [-0.1, -0.05) is 42.1 Å². The Morgan fingerprint density at radius 2 is 2.24 bits per heavy atom. The van der Waals surface area contributed by atoms with E-state index in [-0.39, 0.29) is 23.5 Å². The zero-order chi connectivity index (χ0) is 17.5. The summed E-state index contributed by atoms with van der Waals surface area (Å²) >= 11 is 1.26. The Hall–Kier alpha value is -2.06. The van der Waals surface area contributed by atoms with Crippen molar-refractivity contribution < 1.29 is 9.53 Å². The minimum atomic E-state index is -0.252. The van der Waals surface area contributed by atoms with E-state index in [9.17, 15) is 9.59 Å². The normalized spacial score (nSPS) is 16.9. The van der Waals surface area contributed by atoms with E-state index in [1.165, 1.54) is 11.8 Å². The number of nitrogens with one attached hydrogen (secondary N) is 2. The summed E-state index contributed by atoms with van der Waals surface area (Å²) in [5.74, 6) is 0.146. The molecule has 0 radical (unpaired) electrons. The van der Waals surface area contributed by atoms with Crippen molar-refractivity contribution in [3.8, 4) is 0 Å². The summed E-state index contributed by atoms with van der Waals surface area (Å²) < 4.78 is 7.05. The first kappa shape index (κ1) is 17.8. The number of hydrogen-bond acceptors (Lipinski definition) is 5. The van der Waals surface area contributed by atoms with Crippen LogP contribution in [0.5, 0.6) is 0 Å². The number of thioether (sulfide) groups is 1. The van der Waals surface area contributed by atoms with Gasteiger partial charge in [0, 0.05) is 19.7 Å². The second-order valence-electron chi connectivity index (χ2n) is 5.93. The molecular weight excluding hydrogens is 340 g/mol. The number of hydrogen-bond donors (Lipinski definition) is 2. The van der Waals surface area contributed by atoms with Crippen molar-refractivity contribution in [2.24, 2.45) is 0 Å². The van der Waals surface area contributed by atoms with Gasteiger partial charge in [-0.25, -0.2) is 9.89 Å². The van der Waals surface area contributed by atoms with Crippen molar-refractivity contribution in [2.45, 2.75) is 37.1 Å². The standard InChI is InChI=1S/C17H22N4O3S/c22-15(18-11-14-7-4-10-24-14)12-25-17-20-19-16(23)21(17)9-8-13-5-2-1-3-6-13/h1-3,5-6,14H,4,7-12H2,(H,18,22)(H,19,23)/t14-/m0/s1. The molecule has 1 aromatic carbocycles. The van der Waals surface area contributed by atoms with Crippen LogP contribution in [0.15, 0.2) is 40.3 Å². The summed E-state index contributed by atoms with van der Waals surface area (Å²) in [6.45, 7) is 1.84. The maximum Gasteiger partial charge on any atom is 0.343 e. The molecule has 25 heavy (non-hydrogen) atoms. The van der Waals surface area contributed by atoms with Crippen LogP contribution in [0.3, 0.4) is 0 Å². The molecule has 1 saturated heterocycles. The summed E-state index contributed by atoms with van der Waals surface area (Å²) in [5, 5.41) is 9.88. The van der Waals surface area contributed by atoms with Crippen LogP contribution in [0.4, 0.5) is 0 Å². The Bertz CT molecular complexity index is 738. The van der Waals surface area contributed by atoms with Crippen molar-refractivity contribution in [1.82, 2.24) is 20.1 Å². The molecule has 1 atom stereocenters. The SMILES string of the molecule is O=C(CSc1n[nH]c(=O)n1CCc1ccccc1)NC[C@@H]1CCCO1. The zero-order valence-electron chi connectivity index (χ0n) is 13.9. The number of H-pyrrole nitrogens is 1. The molecule has 2 heterocycles. The second-order valence-corrected chi connectivity index (χ2v) is 6.87. The number of carbonyl (C=O) groups excluding carboxylic acids is 1. The molecule has 1 fully saturated rings. The molecule has 134 valence electrons. The first-order valence-electron chi connectivity index (χ1n) is 8.42. The van der Waals surface area contributed by atoms with Gasteiger partial charge in [0.25, 0.3) is 0 Å². The van der Waals surface area contributed by atoms with Gasteiger partial charge in [0.2, 0.25) is 5.91 Å². The fourth-order valence-corrected chi connectivity index (χ4v) is 3.51. The molecule has 3 rings (SSSR count). The highest BCUT2D eigenvalue weighted by Crippen LogP contribution is 2.14. The monoisotopic (exact) mass is 362 g/mol.